The third kappa shape index (κ3) is 4.88. The summed E-state index contributed by atoms with van der Waals surface area (Å²) in [6.07, 6.45) is 7.83. The zero-order chi connectivity index (χ0) is 23.2. The Hall–Kier alpha value is -1.78. The summed E-state index contributed by atoms with van der Waals surface area (Å²) in [6, 6.07) is 1.88. The number of nitrogens with one attached hydrogen (secondary N) is 1. The van der Waals surface area contributed by atoms with Crippen molar-refractivity contribution in [2.24, 2.45) is 11.8 Å². The highest BCUT2D eigenvalue weighted by molar-refractivity contribution is 7.89. The molecule has 3 aliphatic rings. The van der Waals surface area contributed by atoms with Crippen molar-refractivity contribution in [1.82, 2.24) is 19.8 Å². The van der Waals surface area contributed by atoms with Gasteiger partial charge in [0.25, 0.3) is 0 Å². The molecule has 2 aliphatic carbocycles. The van der Waals surface area contributed by atoms with Gasteiger partial charge in [0.15, 0.2) is 0 Å². The third-order valence-corrected chi connectivity index (χ3v) is 10.4. The Morgan fingerprint density at radius 1 is 1.18 bits per heavy atom. The number of sulfonamides is 1. The van der Waals surface area contributed by atoms with Crippen molar-refractivity contribution in [3.05, 3.63) is 16.8 Å². The highest BCUT2D eigenvalue weighted by atomic mass is 32.2. The molecule has 1 atom stereocenters. The van der Waals surface area contributed by atoms with E-state index in [0.717, 1.165) is 50.9 Å². The maximum atomic E-state index is 13.5. The summed E-state index contributed by atoms with van der Waals surface area (Å²) >= 11 is 1.36. The minimum absolute atomic E-state index is 0.00316. The molecule has 3 fully saturated rings. The SMILES string of the molecule is Cc1sc(-c2noc(C3CC3)n2)cc1S(=O)(=O)N1CCCC(C(=O)NC2CCC(C)CC2)C1. The first-order chi connectivity index (χ1) is 15.8. The van der Waals surface area contributed by atoms with Crippen LogP contribution in [0.15, 0.2) is 15.5 Å². The van der Waals surface area contributed by atoms with Gasteiger partial charge in [0.05, 0.1) is 15.7 Å². The maximum Gasteiger partial charge on any atom is 0.244 e. The quantitative estimate of drug-likeness (QED) is 0.651. The molecule has 0 spiro atoms. The van der Waals surface area contributed by atoms with E-state index in [-0.39, 0.29) is 29.3 Å². The van der Waals surface area contributed by atoms with Gasteiger partial charge in [-0.2, -0.15) is 9.29 Å². The van der Waals surface area contributed by atoms with Crippen LogP contribution in [0.5, 0.6) is 0 Å². The molecule has 0 bridgehead atoms. The van der Waals surface area contributed by atoms with Crippen molar-refractivity contribution in [2.75, 3.05) is 13.1 Å². The fraction of sp³-hybridized carbons (Fsp3) is 0.696. The van der Waals surface area contributed by atoms with Crippen molar-refractivity contribution < 1.29 is 17.7 Å². The average molecular weight is 493 g/mol. The van der Waals surface area contributed by atoms with Crippen molar-refractivity contribution in [3.8, 4) is 10.7 Å². The molecule has 33 heavy (non-hydrogen) atoms. The van der Waals surface area contributed by atoms with Crippen LogP contribution >= 0.6 is 11.3 Å². The van der Waals surface area contributed by atoms with Crippen LogP contribution in [-0.2, 0) is 14.8 Å². The van der Waals surface area contributed by atoms with E-state index < -0.39 is 10.0 Å². The van der Waals surface area contributed by atoms with Gasteiger partial charge in [-0.05, 0) is 70.3 Å². The normalized spacial score (nSPS) is 26.9. The monoisotopic (exact) mass is 492 g/mol. The third-order valence-electron chi connectivity index (χ3n) is 7.20. The number of amides is 1. The number of thiophene rings is 1. The van der Waals surface area contributed by atoms with Gasteiger partial charge in [-0.15, -0.1) is 11.3 Å². The van der Waals surface area contributed by atoms with Crippen LogP contribution in [0.3, 0.4) is 0 Å². The maximum absolute atomic E-state index is 13.5. The highest BCUT2D eigenvalue weighted by Gasteiger charge is 2.36. The molecule has 0 aromatic carbocycles. The number of carbonyl (C=O) groups excluding carboxylic acids is 1. The first kappa shape index (κ1) is 23.0. The van der Waals surface area contributed by atoms with Crippen molar-refractivity contribution in [2.45, 2.75) is 82.1 Å². The van der Waals surface area contributed by atoms with Crippen molar-refractivity contribution in [1.29, 1.82) is 0 Å². The Morgan fingerprint density at radius 2 is 1.94 bits per heavy atom. The molecule has 2 saturated carbocycles. The molecule has 3 heterocycles. The van der Waals surface area contributed by atoms with Gasteiger partial charge in [-0.25, -0.2) is 8.42 Å². The van der Waals surface area contributed by atoms with Crippen LogP contribution in [0.1, 0.15) is 75.0 Å². The van der Waals surface area contributed by atoms with Gasteiger partial charge in [0.1, 0.15) is 0 Å². The topological polar surface area (TPSA) is 105 Å². The Balaban J connectivity index is 1.28. The molecule has 8 nitrogen and oxygen atoms in total. The van der Waals surface area contributed by atoms with E-state index in [1.54, 1.807) is 13.0 Å². The molecule has 1 aliphatic heterocycles. The van der Waals surface area contributed by atoms with Gasteiger partial charge >= 0.3 is 0 Å². The van der Waals surface area contributed by atoms with Crippen LogP contribution in [0.4, 0.5) is 0 Å². The van der Waals surface area contributed by atoms with Gasteiger partial charge in [-0.1, -0.05) is 12.1 Å². The number of hydrogen-bond donors (Lipinski definition) is 1. The lowest BCUT2D eigenvalue weighted by atomic mass is 9.87. The van der Waals surface area contributed by atoms with Gasteiger partial charge in [0.2, 0.25) is 27.6 Å². The molecule has 1 unspecified atom stereocenters. The molecular weight excluding hydrogens is 460 g/mol. The molecule has 180 valence electrons. The Labute approximate surface area is 199 Å². The zero-order valence-electron chi connectivity index (χ0n) is 19.2. The van der Waals surface area contributed by atoms with E-state index in [9.17, 15) is 13.2 Å². The molecule has 1 amide bonds. The Morgan fingerprint density at radius 3 is 2.67 bits per heavy atom. The Kier molecular flexibility index (Phi) is 6.35. The van der Waals surface area contributed by atoms with Gasteiger partial charge in [0, 0.05) is 29.9 Å². The number of nitrogens with zero attached hydrogens (tertiary/aromatic N) is 3. The predicted octanol–water partition coefficient (Wildman–Crippen LogP) is 4.08. The molecule has 0 radical (unpaired) electrons. The minimum atomic E-state index is -3.71. The zero-order valence-corrected chi connectivity index (χ0v) is 20.9. The second-order valence-corrected chi connectivity index (χ2v) is 13.1. The van der Waals surface area contributed by atoms with E-state index in [2.05, 4.69) is 22.4 Å². The number of carbonyl (C=O) groups is 1. The summed E-state index contributed by atoms with van der Waals surface area (Å²) in [4.78, 5) is 19.0. The lowest BCUT2D eigenvalue weighted by Crippen LogP contribution is -2.48. The highest BCUT2D eigenvalue weighted by Crippen LogP contribution is 2.41. The number of aryl methyl sites for hydroxylation is 1. The molecule has 5 rings (SSSR count). The minimum Gasteiger partial charge on any atom is -0.353 e. The molecule has 10 heteroatoms. The van der Waals surface area contributed by atoms with Gasteiger partial charge in [-0.3, -0.25) is 4.79 Å². The van der Waals surface area contributed by atoms with Crippen LogP contribution < -0.4 is 5.32 Å². The van der Waals surface area contributed by atoms with E-state index in [4.69, 9.17) is 4.52 Å². The molecule has 1 N–H and O–H groups in total. The lowest BCUT2D eigenvalue weighted by molar-refractivity contribution is -0.127. The second-order valence-electron chi connectivity index (χ2n) is 9.93. The van der Waals surface area contributed by atoms with Crippen LogP contribution in [0.2, 0.25) is 0 Å². The van der Waals surface area contributed by atoms with E-state index >= 15 is 0 Å². The summed E-state index contributed by atoms with van der Waals surface area (Å²) in [7, 11) is -3.71. The van der Waals surface area contributed by atoms with E-state index in [1.165, 1.54) is 15.6 Å². The second kappa shape index (κ2) is 9.11. The summed E-state index contributed by atoms with van der Waals surface area (Å²) in [5, 5.41) is 7.24. The van der Waals surface area contributed by atoms with E-state index in [1.807, 2.05) is 0 Å². The molecule has 1 saturated heterocycles. The standard InChI is InChI=1S/C23H32N4O4S2/c1-14-5-9-18(10-6-14)24-22(28)17-4-3-11-27(13-17)33(29,30)20-12-19(32-15(20)2)21-25-23(31-26-21)16-7-8-16/h12,14,16-18H,3-11,13H2,1-2H3,(H,24,28). The number of piperidine rings is 1. The fourth-order valence-corrected chi connectivity index (χ4v) is 7.91. The summed E-state index contributed by atoms with van der Waals surface area (Å²) in [5.74, 6) is 1.85. The number of rotatable bonds is 6. The van der Waals surface area contributed by atoms with Crippen molar-refractivity contribution in [3.63, 3.8) is 0 Å². The van der Waals surface area contributed by atoms with Crippen LogP contribution in [-0.4, -0.2) is 47.9 Å². The first-order valence-corrected chi connectivity index (χ1v) is 14.3. The molecular formula is C23H32N4O4S2. The number of hydrogen-bond acceptors (Lipinski definition) is 7. The van der Waals surface area contributed by atoms with Crippen molar-refractivity contribution >= 4 is 27.3 Å². The average Bonchev–Trinajstić information content (AvgIpc) is 3.39. The predicted molar refractivity (Wildman–Crippen MR) is 125 cm³/mol. The molecule has 2 aromatic heterocycles. The van der Waals surface area contributed by atoms with Crippen LogP contribution in [0, 0.1) is 18.8 Å². The molecule has 2 aromatic rings. The first-order valence-electron chi connectivity index (χ1n) is 12.1. The smallest absolute Gasteiger partial charge is 0.244 e. The van der Waals surface area contributed by atoms with Gasteiger partial charge < -0.3 is 9.84 Å². The fourth-order valence-electron chi connectivity index (χ4n) is 4.90. The number of aromatic nitrogens is 2. The summed E-state index contributed by atoms with van der Waals surface area (Å²) in [5.41, 5.74) is 0. The largest absolute Gasteiger partial charge is 0.353 e. The van der Waals surface area contributed by atoms with Crippen LogP contribution in [0.25, 0.3) is 10.7 Å². The lowest BCUT2D eigenvalue weighted by Gasteiger charge is -2.33. The Bertz CT molecular complexity index is 1110. The van der Waals surface area contributed by atoms with E-state index in [0.29, 0.717) is 40.4 Å². The summed E-state index contributed by atoms with van der Waals surface area (Å²) in [6.45, 7) is 4.73. The summed E-state index contributed by atoms with van der Waals surface area (Å²) < 4.78 is 33.8.